The summed E-state index contributed by atoms with van der Waals surface area (Å²) in [5.41, 5.74) is 15.2. The van der Waals surface area contributed by atoms with Crippen LogP contribution in [0.2, 0.25) is 0 Å². The number of rotatable bonds is 32. The Morgan fingerprint density at radius 2 is 0.517 bits per heavy atom. The van der Waals surface area contributed by atoms with Crippen molar-refractivity contribution < 1.29 is 69.6 Å². The molecule has 0 radical (unpaired) electrons. The van der Waals surface area contributed by atoms with Crippen LogP contribution in [-0.2, 0) is 0 Å². The van der Waals surface area contributed by atoms with E-state index in [9.17, 15) is 0 Å². The Bertz CT molecular complexity index is 3470. The van der Waals surface area contributed by atoms with Crippen LogP contribution in [0.3, 0.4) is 0 Å². The van der Waals surface area contributed by atoms with E-state index in [1.54, 1.807) is 0 Å². The lowest BCUT2D eigenvalue weighted by Crippen LogP contribution is -3.00. The Morgan fingerprint density at radius 3 is 0.753 bits per heavy atom. The van der Waals surface area contributed by atoms with E-state index in [-0.39, 0.29) is 37.2 Å². The van der Waals surface area contributed by atoms with E-state index in [0.29, 0.717) is 26.4 Å². The fraction of sp³-hybridized carbons (Fsp3) is 0.413. The van der Waals surface area contributed by atoms with Gasteiger partial charge in [-0.2, -0.15) is 0 Å². The average Bonchev–Trinajstić information content (AvgIpc) is 1.98. The Labute approximate surface area is 550 Å². The quantitative estimate of drug-likeness (QED) is 0.0325. The van der Waals surface area contributed by atoms with Crippen LogP contribution in [0.5, 0.6) is 23.0 Å². The van der Waals surface area contributed by atoms with Crippen molar-refractivity contribution in [2.75, 3.05) is 109 Å². The fourth-order valence-corrected chi connectivity index (χ4v) is 11.4. The minimum Gasteiger partial charge on any atom is -1.00 e. The van der Waals surface area contributed by atoms with Crippen LogP contribution >= 0.6 is 0 Å². The molecule has 5 heterocycles. The predicted molar refractivity (Wildman–Crippen MR) is 362 cm³/mol. The van der Waals surface area contributed by atoms with E-state index in [1.807, 2.05) is 0 Å². The highest BCUT2D eigenvalue weighted by molar-refractivity contribution is 6.00. The number of quaternary nitrogens is 3. The molecular weight excluding hydrogens is 1170 g/mol. The molecule has 0 amide bonds. The van der Waals surface area contributed by atoms with Crippen LogP contribution in [0.1, 0.15) is 120 Å². The molecule has 9 rings (SSSR count). The predicted octanol–water partition coefficient (Wildman–Crippen LogP) is 8.45. The number of H-pyrrole nitrogens is 2. The molecule has 0 spiro atoms. The van der Waals surface area contributed by atoms with Crippen molar-refractivity contribution in [1.29, 1.82) is 0 Å². The summed E-state index contributed by atoms with van der Waals surface area (Å²) in [5.74, 6) is 3.41. The second-order valence-corrected chi connectivity index (χ2v) is 26.6. The van der Waals surface area contributed by atoms with Crippen molar-refractivity contribution in [3.63, 3.8) is 0 Å². The van der Waals surface area contributed by atoms with E-state index in [1.165, 1.54) is 64.2 Å². The molecule has 0 atom stereocenters. The second kappa shape index (κ2) is 34.0. The molecule has 2 aliphatic rings. The molecular formula is C75H98Cl3N7O4. The summed E-state index contributed by atoms with van der Waals surface area (Å²) < 4.78 is 28.0. The topological polar surface area (TPSA) is 94.3 Å². The maximum Gasteiger partial charge on any atom is 0.119 e. The van der Waals surface area contributed by atoms with Gasteiger partial charge in [0.1, 0.15) is 23.0 Å². The summed E-state index contributed by atoms with van der Waals surface area (Å²) in [6.07, 6.45) is 25.9. The summed E-state index contributed by atoms with van der Waals surface area (Å²) in [7, 11) is 20.0. The van der Waals surface area contributed by atoms with Gasteiger partial charge in [-0.05, 0) is 126 Å². The maximum atomic E-state index is 6.39. The molecule has 89 heavy (non-hydrogen) atoms. The average molecular weight is 1270 g/mol. The van der Waals surface area contributed by atoms with Crippen molar-refractivity contribution in [3.05, 3.63) is 144 Å². The first-order valence-electron chi connectivity index (χ1n) is 32.0. The Morgan fingerprint density at radius 1 is 0.292 bits per heavy atom. The normalized spacial score (nSPS) is 12.1. The smallest absolute Gasteiger partial charge is 0.119 e. The van der Waals surface area contributed by atoms with Gasteiger partial charge in [0.15, 0.2) is 0 Å². The first-order chi connectivity index (χ1) is 41.5. The van der Waals surface area contributed by atoms with Gasteiger partial charge in [-0.3, -0.25) is 0 Å². The number of nitrogens with zero attached hydrogens (tertiary/aromatic N) is 5. The van der Waals surface area contributed by atoms with Crippen molar-refractivity contribution in [3.8, 4) is 67.5 Å². The summed E-state index contributed by atoms with van der Waals surface area (Å²) >= 11 is 0. The van der Waals surface area contributed by atoms with E-state index in [4.69, 9.17) is 28.9 Å². The van der Waals surface area contributed by atoms with Gasteiger partial charge >= 0.3 is 0 Å². The monoisotopic (exact) mass is 1270 g/mol. The molecule has 14 heteroatoms. The largest absolute Gasteiger partial charge is 1.00 e. The zero-order valence-electron chi connectivity index (χ0n) is 54.7. The summed E-state index contributed by atoms with van der Waals surface area (Å²) in [4.78, 5) is 19.1. The summed E-state index contributed by atoms with van der Waals surface area (Å²) in [6, 6.07) is 42.8. The number of unbranched alkanes of at least 4 members (excludes halogenated alkanes) is 10. The highest BCUT2D eigenvalue weighted by Gasteiger charge is 2.20. The molecule has 4 aromatic carbocycles. The Balaban J connectivity index is 0.00000421. The summed E-state index contributed by atoms with van der Waals surface area (Å²) in [6.45, 7) is 8.06. The standard InChI is InChI=1S/C75H98N7O4.3ClH/c1-11-12-13-14-15-16-17-18-19-20-21-52-83-60-33-25-56(26-34-60)72-64-41-43-66(76-64)73(57-27-35-61(36-28-57)84-53-22-49-80(2,3)4)68-45-47-70(78-68)75(59-31-39-63(40-32-59)86-55-24-51-82(8,9)10)71-48-46-69(79-71)74(67-44-42-65(72)77-67)58-29-37-62(38-30-58)85-54-23-50-81(5,6)7;;;/h25-48,76,79H,11-24,49-55H2,1-10H3;3*1H/q+3;;;/p-3. The van der Waals surface area contributed by atoms with Crippen LogP contribution in [0.25, 0.3) is 90.9 Å². The van der Waals surface area contributed by atoms with Crippen LogP contribution in [-0.4, -0.2) is 143 Å². The van der Waals surface area contributed by atoms with Crippen LogP contribution in [0.15, 0.2) is 121 Å². The van der Waals surface area contributed by atoms with E-state index >= 15 is 0 Å². The van der Waals surface area contributed by atoms with Crippen molar-refractivity contribution in [1.82, 2.24) is 19.9 Å². The number of nitrogens with one attached hydrogen (secondary N) is 2. The zero-order chi connectivity index (χ0) is 60.5. The lowest BCUT2D eigenvalue weighted by atomic mass is 10.0. The van der Waals surface area contributed by atoms with Gasteiger partial charge in [0, 0.05) is 63.6 Å². The third kappa shape index (κ3) is 21.3. The molecule has 0 fully saturated rings. The number of aromatic amines is 2. The zero-order valence-corrected chi connectivity index (χ0v) is 57.0. The second-order valence-electron chi connectivity index (χ2n) is 26.6. The number of hydrogen-bond donors (Lipinski definition) is 2. The number of aromatic nitrogens is 4. The van der Waals surface area contributed by atoms with E-state index in [2.05, 4.69) is 226 Å². The molecule has 2 N–H and O–H groups in total. The fourth-order valence-electron chi connectivity index (χ4n) is 11.4. The van der Waals surface area contributed by atoms with Gasteiger partial charge in [0.25, 0.3) is 0 Å². The van der Waals surface area contributed by atoms with Gasteiger partial charge < -0.3 is 79.6 Å². The van der Waals surface area contributed by atoms with Crippen LogP contribution in [0.4, 0.5) is 0 Å². The van der Waals surface area contributed by atoms with Gasteiger partial charge in [-0.15, -0.1) is 0 Å². The molecule has 7 aromatic rings. The molecule has 2 aliphatic heterocycles. The first kappa shape index (κ1) is 71.5. The van der Waals surface area contributed by atoms with E-state index in [0.717, 1.165) is 171 Å². The number of hydrogen-bond acceptors (Lipinski definition) is 6. The Kier molecular flexibility index (Phi) is 27.3. The molecule has 3 aromatic heterocycles. The summed E-state index contributed by atoms with van der Waals surface area (Å²) in [5, 5.41) is 0. The van der Waals surface area contributed by atoms with Crippen LogP contribution in [0, 0.1) is 0 Å². The molecule has 0 aliphatic carbocycles. The molecule has 8 bridgehead atoms. The number of halogens is 3. The van der Waals surface area contributed by atoms with E-state index < -0.39 is 0 Å². The highest BCUT2D eigenvalue weighted by Crippen LogP contribution is 2.40. The van der Waals surface area contributed by atoms with Crippen LogP contribution < -0.4 is 56.2 Å². The van der Waals surface area contributed by atoms with Gasteiger partial charge in [0.2, 0.25) is 0 Å². The minimum atomic E-state index is 0. The van der Waals surface area contributed by atoms with Gasteiger partial charge in [-0.1, -0.05) is 120 Å². The Hall–Kier alpha value is -6.57. The van der Waals surface area contributed by atoms with Crippen molar-refractivity contribution >= 4 is 46.4 Å². The highest BCUT2D eigenvalue weighted by atomic mass is 35.5. The van der Waals surface area contributed by atoms with Crippen molar-refractivity contribution in [2.24, 2.45) is 0 Å². The third-order valence-electron chi connectivity index (χ3n) is 16.1. The minimum absolute atomic E-state index is 0. The number of ether oxygens (including phenoxy) is 4. The first-order valence-corrected chi connectivity index (χ1v) is 32.0. The molecule has 478 valence electrons. The lowest BCUT2D eigenvalue weighted by molar-refractivity contribution is -0.870. The van der Waals surface area contributed by atoms with Crippen molar-refractivity contribution in [2.45, 2.75) is 96.8 Å². The SMILES string of the molecule is CCCCCCCCCCCCCOc1ccc(-c2c3nc(c(-c4ccc(OCCC[N+](C)(C)C)cc4)c4ccc([nH]4)c(-c4ccc(OCCC[N+](C)(C)C)cc4)c4nc(c(-c5ccc(OCCC[N+](C)(C)C)cc5)c5ccc2[nH]5)C=C4)C=C3)cc1.[Cl-].[Cl-].[Cl-]. The number of fused-ring (bicyclic) bond motifs is 8. The molecule has 0 saturated carbocycles. The lowest BCUT2D eigenvalue weighted by Gasteiger charge is -2.23. The number of benzene rings is 4. The molecule has 0 saturated heterocycles. The third-order valence-corrected chi connectivity index (χ3v) is 16.1. The van der Waals surface area contributed by atoms with Gasteiger partial charge in [-0.25, -0.2) is 9.97 Å². The van der Waals surface area contributed by atoms with Gasteiger partial charge in [0.05, 0.1) is 132 Å². The maximum absolute atomic E-state index is 6.39. The molecule has 11 nitrogen and oxygen atoms in total. The molecule has 0 unspecified atom stereocenters.